The monoisotopic (exact) mass is 575 g/mol. The molecule has 0 atom stereocenters. The number of alkyl halides is 1. The summed E-state index contributed by atoms with van der Waals surface area (Å²) >= 11 is 3.77. The number of quaternary nitrogens is 1. The van der Waals surface area contributed by atoms with Crippen LogP contribution in [0.3, 0.4) is 0 Å². The molecule has 4 nitrogen and oxygen atoms in total. The third-order valence-corrected chi connectivity index (χ3v) is 8.76. The predicted molar refractivity (Wildman–Crippen MR) is 154 cm³/mol. The Hall–Kier alpha value is -0.430. The van der Waals surface area contributed by atoms with E-state index in [0.717, 1.165) is 11.0 Å². The number of unbranched alkanes of at least 4 members (excludes halogenated alkanes) is 14. The smallest absolute Gasteiger partial charge is 0.134 e. The van der Waals surface area contributed by atoms with Crippen molar-refractivity contribution in [1.82, 2.24) is 0 Å². The van der Waals surface area contributed by atoms with Gasteiger partial charge in [-0.3, -0.25) is 0 Å². The third-order valence-electron chi connectivity index (χ3n) is 6.70. The lowest BCUT2D eigenvalue weighted by Gasteiger charge is -2.32. The number of aryl methyl sites for hydroxylation is 1. The van der Waals surface area contributed by atoms with Crippen molar-refractivity contribution in [3.63, 3.8) is 0 Å². The van der Waals surface area contributed by atoms with Gasteiger partial charge < -0.3 is 9.04 Å². The van der Waals surface area contributed by atoms with Crippen LogP contribution in [-0.4, -0.2) is 43.0 Å². The minimum atomic E-state index is -4.27. The first-order valence-electron chi connectivity index (χ1n) is 14.1. The van der Waals surface area contributed by atoms with E-state index in [1.54, 1.807) is 12.1 Å². The number of hydrogen-bond acceptors (Lipinski definition) is 3. The SMILES string of the molecule is CCCCCCCCCC[N+](C)(CBr)CCCCCCCCCC.Cc1ccc(S(=O)(=O)[O-])cc1. The van der Waals surface area contributed by atoms with E-state index in [0.29, 0.717) is 0 Å². The molecule has 0 saturated carbocycles. The largest absolute Gasteiger partial charge is 0.744 e. The van der Waals surface area contributed by atoms with Crippen LogP contribution in [0.15, 0.2) is 29.2 Å². The summed E-state index contributed by atoms with van der Waals surface area (Å²) in [5.74, 6) is 0. The van der Waals surface area contributed by atoms with E-state index in [-0.39, 0.29) is 4.90 Å². The van der Waals surface area contributed by atoms with Gasteiger partial charge in [0.25, 0.3) is 0 Å². The molecule has 6 heteroatoms. The zero-order valence-corrected chi connectivity index (χ0v) is 25.6. The van der Waals surface area contributed by atoms with Crippen molar-refractivity contribution in [2.45, 2.75) is 128 Å². The highest BCUT2D eigenvalue weighted by atomic mass is 79.9. The Kier molecular flexibility index (Phi) is 21.4. The lowest BCUT2D eigenvalue weighted by Crippen LogP contribution is -2.44. The Balaban J connectivity index is 0.000000867. The summed E-state index contributed by atoms with van der Waals surface area (Å²) in [6, 6.07) is 5.78. The highest BCUT2D eigenvalue weighted by Crippen LogP contribution is 2.16. The molecule has 0 heterocycles. The quantitative estimate of drug-likeness (QED) is 0.0512. The van der Waals surface area contributed by atoms with E-state index in [2.05, 4.69) is 36.8 Å². The minimum Gasteiger partial charge on any atom is -0.744 e. The predicted octanol–water partition coefficient (Wildman–Crippen LogP) is 8.97. The van der Waals surface area contributed by atoms with Crippen LogP contribution in [0.5, 0.6) is 0 Å². The first-order chi connectivity index (χ1) is 16.7. The summed E-state index contributed by atoms with van der Waals surface area (Å²) in [4.78, 5) is -0.178. The average molecular weight is 577 g/mol. The van der Waals surface area contributed by atoms with Crippen LogP contribution in [0, 0.1) is 6.92 Å². The Morgan fingerprint density at radius 2 is 1.03 bits per heavy atom. The second kappa shape index (κ2) is 21.6. The van der Waals surface area contributed by atoms with Crippen LogP contribution >= 0.6 is 15.9 Å². The van der Waals surface area contributed by atoms with Gasteiger partial charge in [0, 0.05) is 0 Å². The van der Waals surface area contributed by atoms with Crippen LogP contribution in [0.4, 0.5) is 0 Å². The number of halogens is 1. The summed E-state index contributed by atoms with van der Waals surface area (Å²) in [5.41, 5.74) is 2.05. The van der Waals surface area contributed by atoms with Gasteiger partial charge in [-0.05, 0) is 60.7 Å². The molecule has 0 radical (unpaired) electrons. The molecule has 0 N–H and O–H groups in total. The van der Waals surface area contributed by atoms with Gasteiger partial charge in [-0.15, -0.1) is 0 Å². The minimum absolute atomic E-state index is 0.178. The van der Waals surface area contributed by atoms with Crippen LogP contribution in [0.25, 0.3) is 0 Å². The number of rotatable bonds is 20. The molecule has 0 unspecified atom stereocenters. The lowest BCUT2D eigenvalue weighted by atomic mass is 10.1. The molecule has 0 aliphatic rings. The highest BCUT2D eigenvalue weighted by Gasteiger charge is 2.18. The van der Waals surface area contributed by atoms with Crippen molar-refractivity contribution >= 4 is 26.0 Å². The standard InChI is InChI=1S/C22H47BrN.C7H8O3S/c1-4-6-8-10-12-14-16-18-20-24(3,22-23)21-19-17-15-13-11-9-7-5-2;1-6-2-4-7(5-3-6)11(8,9)10/h4-22H2,1-3H3;2-5H,1H3,(H,8,9,10)/q+1;/p-1. The number of hydrogen-bond donors (Lipinski definition) is 0. The number of nitrogens with zero attached hydrogens (tertiary/aromatic N) is 1. The fraction of sp³-hybridized carbons (Fsp3) is 0.793. The molecule has 1 rings (SSSR count). The van der Waals surface area contributed by atoms with Gasteiger partial charge in [-0.1, -0.05) is 109 Å². The highest BCUT2D eigenvalue weighted by molar-refractivity contribution is 9.09. The third kappa shape index (κ3) is 20.3. The topological polar surface area (TPSA) is 57.2 Å². The van der Waals surface area contributed by atoms with Gasteiger partial charge in [0.1, 0.15) is 15.6 Å². The molecule has 0 spiro atoms. The first kappa shape index (κ1) is 34.6. The molecule has 0 aromatic heterocycles. The number of benzene rings is 1. The summed E-state index contributed by atoms with van der Waals surface area (Å²) in [7, 11) is -1.83. The van der Waals surface area contributed by atoms with Crippen molar-refractivity contribution in [3.05, 3.63) is 29.8 Å². The Morgan fingerprint density at radius 1 is 0.686 bits per heavy atom. The maximum absolute atomic E-state index is 10.4. The van der Waals surface area contributed by atoms with Gasteiger partial charge >= 0.3 is 0 Å². The molecular weight excluding hydrogens is 522 g/mol. The van der Waals surface area contributed by atoms with Crippen molar-refractivity contribution < 1.29 is 17.5 Å². The zero-order chi connectivity index (χ0) is 26.4. The molecule has 0 aliphatic carbocycles. The molecule has 0 fully saturated rings. The molecule has 206 valence electrons. The van der Waals surface area contributed by atoms with Gasteiger partial charge in [0.2, 0.25) is 0 Å². The maximum atomic E-state index is 10.4. The fourth-order valence-electron chi connectivity index (χ4n) is 4.19. The second-order valence-electron chi connectivity index (χ2n) is 10.4. The molecule has 0 bridgehead atoms. The first-order valence-corrected chi connectivity index (χ1v) is 16.6. The van der Waals surface area contributed by atoms with Crippen LogP contribution < -0.4 is 0 Å². The summed E-state index contributed by atoms with van der Waals surface area (Å²) < 4.78 is 32.4. The lowest BCUT2D eigenvalue weighted by molar-refractivity contribution is -0.896. The van der Waals surface area contributed by atoms with Gasteiger partial charge in [0.15, 0.2) is 0 Å². The van der Waals surface area contributed by atoms with E-state index < -0.39 is 10.1 Å². The van der Waals surface area contributed by atoms with Crippen LogP contribution in [0.1, 0.15) is 122 Å². The molecule has 35 heavy (non-hydrogen) atoms. The molecule has 0 saturated heterocycles. The average Bonchev–Trinajstić information content (AvgIpc) is 2.82. The zero-order valence-electron chi connectivity index (χ0n) is 23.2. The van der Waals surface area contributed by atoms with E-state index in [1.807, 2.05) is 6.92 Å². The molecular formula is C29H54BrNO3S. The Labute approximate surface area is 226 Å². The molecule has 1 aromatic rings. The van der Waals surface area contributed by atoms with Gasteiger partial charge in [-0.25, -0.2) is 8.42 Å². The maximum Gasteiger partial charge on any atom is 0.134 e. The van der Waals surface area contributed by atoms with E-state index >= 15 is 0 Å². The van der Waals surface area contributed by atoms with Crippen molar-refractivity contribution in [2.24, 2.45) is 0 Å². The van der Waals surface area contributed by atoms with Crippen molar-refractivity contribution in [2.75, 3.05) is 25.6 Å². The van der Waals surface area contributed by atoms with E-state index in [4.69, 9.17) is 0 Å². The van der Waals surface area contributed by atoms with Crippen LogP contribution in [-0.2, 0) is 10.1 Å². The van der Waals surface area contributed by atoms with Gasteiger partial charge in [-0.2, -0.15) is 0 Å². The summed E-state index contributed by atoms with van der Waals surface area (Å²) in [5, 5.41) is 0. The van der Waals surface area contributed by atoms with Crippen molar-refractivity contribution in [3.8, 4) is 0 Å². The molecule has 1 aromatic carbocycles. The molecule has 0 aliphatic heterocycles. The summed E-state index contributed by atoms with van der Waals surface area (Å²) in [6.45, 7) is 9.13. The fourth-order valence-corrected chi connectivity index (χ4v) is 5.16. The Bertz CT molecular complexity index is 687. The summed E-state index contributed by atoms with van der Waals surface area (Å²) in [6.07, 6.45) is 22.9. The normalized spacial score (nSPS) is 11.8. The Morgan fingerprint density at radius 3 is 1.34 bits per heavy atom. The van der Waals surface area contributed by atoms with Crippen molar-refractivity contribution in [1.29, 1.82) is 0 Å². The van der Waals surface area contributed by atoms with E-state index in [9.17, 15) is 13.0 Å². The molecule has 0 amide bonds. The van der Waals surface area contributed by atoms with E-state index in [1.165, 1.54) is 132 Å². The van der Waals surface area contributed by atoms with Crippen LogP contribution in [0.2, 0.25) is 0 Å². The van der Waals surface area contributed by atoms with Gasteiger partial charge in [0.05, 0.1) is 25.0 Å². The second-order valence-corrected chi connectivity index (χ2v) is 12.3.